The highest BCUT2D eigenvalue weighted by atomic mass is 79.9. The van der Waals surface area contributed by atoms with Gasteiger partial charge < -0.3 is 5.11 Å². The Balaban J connectivity index is 3.22. The summed E-state index contributed by atoms with van der Waals surface area (Å²) in [5, 5.41) is 8.62. The summed E-state index contributed by atoms with van der Waals surface area (Å²) in [5.74, 6) is 0. The van der Waals surface area contributed by atoms with Gasteiger partial charge in [-0.05, 0) is 22.0 Å². The Kier molecular flexibility index (Phi) is 3.58. The van der Waals surface area contributed by atoms with Crippen LogP contribution in [0.4, 0.5) is 8.78 Å². The van der Waals surface area contributed by atoms with E-state index in [1.54, 1.807) is 0 Å². The number of rotatable bonds is 2. The smallest absolute Gasteiger partial charge is 0.281 e. The molecule has 6 heteroatoms. The van der Waals surface area contributed by atoms with Gasteiger partial charge >= 0.3 is 0 Å². The van der Waals surface area contributed by atoms with Crippen LogP contribution in [-0.4, -0.2) is 10.1 Å². The summed E-state index contributed by atoms with van der Waals surface area (Å²) in [6.45, 7) is -0.405. The number of nitrogens with zero attached hydrogens (tertiary/aromatic N) is 1. The predicted molar refractivity (Wildman–Crippen MR) is 47.8 cm³/mol. The number of aliphatic hydroxyl groups is 1. The Labute approximate surface area is 86.7 Å². The topological polar surface area (TPSA) is 33.1 Å². The van der Waals surface area contributed by atoms with Crippen LogP contribution in [0.1, 0.15) is 17.8 Å². The van der Waals surface area contributed by atoms with Crippen LogP contribution in [-0.2, 0) is 6.61 Å². The third kappa shape index (κ3) is 2.36. The fourth-order valence-corrected chi connectivity index (χ4v) is 1.59. The highest BCUT2D eigenvalue weighted by molar-refractivity contribution is 9.10. The van der Waals surface area contributed by atoms with Crippen LogP contribution in [0.5, 0.6) is 0 Å². The van der Waals surface area contributed by atoms with Gasteiger partial charge in [-0.3, -0.25) is 0 Å². The van der Waals surface area contributed by atoms with E-state index >= 15 is 0 Å². The highest BCUT2D eigenvalue weighted by Crippen LogP contribution is 2.29. The molecule has 0 aliphatic heterocycles. The standard InChI is InChI=1S/C7H5BrClF2NO/c8-3-1-4(9)6(7(10)11)12-5(3)2-13/h1,7,13H,2H2. The van der Waals surface area contributed by atoms with E-state index in [1.807, 2.05) is 0 Å². The van der Waals surface area contributed by atoms with Crippen LogP contribution >= 0.6 is 27.5 Å². The summed E-state index contributed by atoms with van der Waals surface area (Å²) in [6.07, 6.45) is -2.73. The molecule has 0 spiro atoms. The lowest BCUT2D eigenvalue weighted by molar-refractivity contribution is 0.145. The van der Waals surface area contributed by atoms with Crippen molar-refractivity contribution in [3.63, 3.8) is 0 Å². The van der Waals surface area contributed by atoms with E-state index in [1.165, 1.54) is 6.07 Å². The van der Waals surface area contributed by atoms with Gasteiger partial charge in [-0.1, -0.05) is 11.6 Å². The first-order valence-corrected chi connectivity index (χ1v) is 4.47. The van der Waals surface area contributed by atoms with E-state index in [0.29, 0.717) is 4.47 Å². The summed E-state index contributed by atoms with van der Waals surface area (Å²) in [6, 6.07) is 1.29. The average Bonchev–Trinajstić information content (AvgIpc) is 2.03. The molecule has 0 unspecified atom stereocenters. The van der Waals surface area contributed by atoms with Gasteiger partial charge in [-0.2, -0.15) is 0 Å². The molecule has 0 radical (unpaired) electrons. The SMILES string of the molecule is OCc1nc(C(F)F)c(Cl)cc1Br. The van der Waals surface area contributed by atoms with Gasteiger partial charge in [0.25, 0.3) is 6.43 Å². The number of alkyl halides is 2. The molecule has 0 atom stereocenters. The molecule has 1 N–H and O–H groups in total. The van der Waals surface area contributed by atoms with Crippen molar-refractivity contribution in [3.05, 3.63) is 26.9 Å². The monoisotopic (exact) mass is 271 g/mol. The lowest BCUT2D eigenvalue weighted by Gasteiger charge is -2.05. The predicted octanol–water partition coefficient (Wildman–Crippen LogP) is 2.93. The molecular formula is C7H5BrClF2NO. The van der Waals surface area contributed by atoms with Gasteiger partial charge in [-0.15, -0.1) is 0 Å². The van der Waals surface area contributed by atoms with Crippen LogP contribution in [0, 0.1) is 0 Å². The van der Waals surface area contributed by atoms with Crippen molar-refractivity contribution in [2.75, 3.05) is 0 Å². The summed E-state index contributed by atoms with van der Waals surface area (Å²) >= 11 is 8.54. The maximum atomic E-state index is 12.2. The molecule has 0 aliphatic rings. The molecule has 0 fully saturated rings. The molecule has 1 aromatic rings. The van der Waals surface area contributed by atoms with Crippen molar-refractivity contribution in [3.8, 4) is 0 Å². The van der Waals surface area contributed by atoms with Crippen LogP contribution in [0.2, 0.25) is 5.02 Å². The zero-order valence-electron chi connectivity index (χ0n) is 6.27. The minimum absolute atomic E-state index is 0.112. The number of halogens is 4. The lowest BCUT2D eigenvalue weighted by atomic mass is 10.3. The van der Waals surface area contributed by atoms with Crippen LogP contribution in [0.15, 0.2) is 10.5 Å². The quantitative estimate of drug-likeness (QED) is 0.898. The summed E-state index contributed by atoms with van der Waals surface area (Å²) in [5.41, 5.74) is -0.353. The number of pyridine rings is 1. The van der Waals surface area contributed by atoms with Crippen molar-refractivity contribution >= 4 is 27.5 Å². The van der Waals surface area contributed by atoms with Crippen molar-refractivity contribution in [2.45, 2.75) is 13.0 Å². The third-order valence-electron chi connectivity index (χ3n) is 1.39. The number of aliphatic hydroxyl groups excluding tert-OH is 1. The van der Waals surface area contributed by atoms with E-state index in [-0.39, 0.29) is 10.7 Å². The fourth-order valence-electron chi connectivity index (χ4n) is 0.785. The van der Waals surface area contributed by atoms with Gasteiger partial charge in [0.15, 0.2) is 0 Å². The molecule has 0 aromatic carbocycles. The summed E-state index contributed by atoms with van der Waals surface area (Å²) < 4.78 is 24.9. The van der Waals surface area contributed by atoms with Crippen molar-refractivity contribution in [2.24, 2.45) is 0 Å². The minimum atomic E-state index is -2.73. The third-order valence-corrected chi connectivity index (χ3v) is 2.38. The Morgan fingerprint density at radius 3 is 2.69 bits per heavy atom. The van der Waals surface area contributed by atoms with E-state index in [9.17, 15) is 8.78 Å². The van der Waals surface area contributed by atoms with E-state index in [2.05, 4.69) is 20.9 Å². The number of aromatic nitrogens is 1. The fraction of sp³-hybridized carbons (Fsp3) is 0.286. The van der Waals surface area contributed by atoms with Gasteiger partial charge in [0, 0.05) is 4.47 Å². The van der Waals surface area contributed by atoms with Crippen LogP contribution < -0.4 is 0 Å². The van der Waals surface area contributed by atoms with Crippen molar-refractivity contribution in [1.29, 1.82) is 0 Å². The average molecular weight is 272 g/mol. The van der Waals surface area contributed by atoms with Gasteiger partial charge in [0.2, 0.25) is 0 Å². The van der Waals surface area contributed by atoms with Crippen molar-refractivity contribution in [1.82, 2.24) is 4.98 Å². The minimum Gasteiger partial charge on any atom is -0.390 e. The summed E-state index contributed by atoms with van der Waals surface area (Å²) in [7, 11) is 0. The Hall–Kier alpha value is -0.260. The Morgan fingerprint density at radius 1 is 1.62 bits per heavy atom. The first kappa shape index (κ1) is 10.8. The second-order valence-electron chi connectivity index (χ2n) is 2.24. The number of hydrogen-bond donors (Lipinski definition) is 1. The van der Waals surface area contributed by atoms with E-state index in [0.717, 1.165) is 0 Å². The second-order valence-corrected chi connectivity index (χ2v) is 3.50. The maximum absolute atomic E-state index is 12.2. The first-order chi connectivity index (χ1) is 6.06. The molecular weight excluding hydrogens is 267 g/mol. The summed E-state index contributed by atoms with van der Waals surface area (Å²) in [4.78, 5) is 3.51. The zero-order chi connectivity index (χ0) is 10.0. The zero-order valence-corrected chi connectivity index (χ0v) is 8.61. The Bertz CT molecular complexity index is 322. The maximum Gasteiger partial charge on any atom is 0.281 e. The van der Waals surface area contributed by atoms with E-state index in [4.69, 9.17) is 16.7 Å². The van der Waals surface area contributed by atoms with Crippen LogP contribution in [0.25, 0.3) is 0 Å². The van der Waals surface area contributed by atoms with Crippen molar-refractivity contribution < 1.29 is 13.9 Å². The molecule has 1 rings (SSSR count). The first-order valence-electron chi connectivity index (χ1n) is 3.30. The van der Waals surface area contributed by atoms with Gasteiger partial charge in [0.05, 0.1) is 17.3 Å². The number of hydrogen-bond acceptors (Lipinski definition) is 2. The largest absolute Gasteiger partial charge is 0.390 e. The second kappa shape index (κ2) is 4.30. The molecule has 0 aliphatic carbocycles. The molecule has 0 saturated carbocycles. The van der Waals surface area contributed by atoms with Gasteiger partial charge in [0.1, 0.15) is 5.69 Å². The molecule has 0 saturated heterocycles. The molecule has 13 heavy (non-hydrogen) atoms. The Morgan fingerprint density at radius 2 is 2.23 bits per heavy atom. The molecule has 2 nitrogen and oxygen atoms in total. The molecule has 0 bridgehead atoms. The molecule has 1 aromatic heterocycles. The molecule has 1 heterocycles. The highest BCUT2D eigenvalue weighted by Gasteiger charge is 2.16. The van der Waals surface area contributed by atoms with Crippen LogP contribution in [0.3, 0.4) is 0 Å². The molecule has 0 amide bonds. The lowest BCUT2D eigenvalue weighted by Crippen LogP contribution is -1.98. The normalized spacial score (nSPS) is 10.9. The molecule has 72 valence electrons. The van der Waals surface area contributed by atoms with Gasteiger partial charge in [-0.25, -0.2) is 13.8 Å². The van der Waals surface area contributed by atoms with E-state index < -0.39 is 18.7 Å².